The fourth-order valence-corrected chi connectivity index (χ4v) is 2.42. The zero-order valence-corrected chi connectivity index (χ0v) is 13.7. The smallest absolute Gasteiger partial charge is 0.132 e. The molecule has 0 heterocycles. The number of rotatable bonds is 6. The molecule has 0 spiro atoms. The molecule has 0 aromatic heterocycles. The zero-order valence-electron chi connectivity index (χ0n) is 13.7. The van der Waals surface area contributed by atoms with Gasteiger partial charge in [-0.15, -0.1) is 0 Å². The van der Waals surface area contributed by atoms with Crippen LogP contribution in [0.5, 0.6) is 17.2 Å². The van der Waals surface area contributed by atoms with Gasteiger partial charge in [0.25, 0.3) is 0 Å². The number of para-hydroxylation sites is 1. The lowest BCUT2D eigenvalue weighted by molar-refractivity contribution is 0.306. The summed E-state index contributed by atoms with van der Waals surface area (Å²) in [4.78, 5) is 0. The zero-order chi connectivity index (χ0) is 16.8. The van der Waals surface area contributed by atoms with Crippen molar-refractivity contribution in [3.63, 3.8) is 0 Å². The second-order valence-corrected chi connectivity index (χ2v) is 5.67. The Morgan fingerprint density at radius 1 is 0.792 bits per heavy atom. The molecule has 0 saturated carbocycles. The Kier molecular flexibility index (Phi) is 5.14. The Morgan fingerprint density at radius 2 is 1.42 bits per heavy atom. The van der Waals surface area contributed by atoms with Crippen molar-refractivity contribution < 1.29 is 9.47 Å². The quantitative estimate of drug-likeness (QED) is 0.689. The minimum atomic E-state index is -0.0744. The van der Waals surface area contributed by atoms with Crippen molar-refractivity contribution in [2.75, 3.05) is 0 Å². The van der Waals surface area contributed by atoms with Gasteiger partial charge in [-0.2, -0.15) is 0 Å². The third kappa shape index (κ3) is 4.15. The monoisotopic (exact) mass is 319 g/mol. The van der Waals surface area contributed by atoms with E-state index in [0.717, 1.165) is 28.4 Å². The normalized spacial score (nSPS) is 11.8. The topological polar surface area (TPSA) is 44.5 Å². The average Bonchev–Trinajstić information content (AvgIpc) is 2.62. The van der Waals surface area contributed by atoms with Crippen LogP contribution in [-0.4, -0.2) is 0 Å². The summed E-state index contributed by atoms with van der Waals surface area (Å²) < 4.78 is 11.7. The molecule has 122 valence electrons. The minimum Gasteiger partial charge on any atom is -0.489 e. The molecule has 1 atom stereocenters. The van der Waals surface area contributed by atoms with Gasteiger partial charge in [0, 0.05) is 11.6 Å². The maximum Gasteiger partial charge on any atom is 0.132 e. The summed E-state index contributed by atoms with van der Waals surface area (Å²) in [7, 11) is 0. The first kappa shape index (κ1) is 16.1. The second-order valence-electron chi connectivity index (χ2n) is 5.67. The molecule has 0 fully saturated rings. The molecular weight excluding hydrogens is 298 g/mol. The van der Waals surface area contributed by atoms with Crippen molar-refractivity contribution in [1.29, 1.82) is 0 Å². The van der Waals surface area contributed by atoms with E-state index in [9.17, 15) is 0 Å². The average molecular weight is 319 g/mol. The van der Waals surface area contributed by atoms with Gasteiger partial charge < -0.3 is 15.2 Å². The molecule has 24 heavy (non-hydrogen) atoms. The Bertz CT molecular complexity index is 767. The maximum atomic E-state index is 5.99. The first-order chi connectivity index (χ1) is 11.7. The van der Waals surface area contributed by atoms with Crippen LogP contribution in [-0.2, 0) is 6.61 Å². The molecule has 0 aliphatic rings. The van der Waals surface area contributed by atoms with Gasteiger partial charge in [0.05, 0.1) is 0 Å². The largest absolute Gasteiger partial charge is 0.489 e. The number of benzene rings is 3. The van der Waals surface area contributed by atoms with Gasteiger partial charge in [-0.25, -0.2) is 0 Å². The Labute approximate surface area is 142 Å². The van der Waals surface area contributed by atoms with E-state index in [1.165, 1.54) is 0 Å². The van der Waals surface area contributed by atoms with Gasteiger partial charge >= 0.3 is 0 Å². The first-order valence-corrected chi connectivity index (χ1v) is 8.01. The van der Waals surface area contributed by atoms with Gasteiger partial charge in [-0.3, -0.25) is 0 Å². The summed E-state index contributed by atoms with van der Waals surface area (Å²) in [6.07, 6.45) is 0. The number of ether oxygens (including phenoxy) is 2. The van der Waals surface area contributed by atoms with E-state index in [1.54, 1.807) is 0 Å². The molecule has 0 aliphatic carbocycles. The number of nitrogens with two attached hydrogens (primary N) is 1. The fourth-order valence-electron chi connectivity index (χ4n) is 2.42. The van der Waals surface area contributed by atoms with Gasteiger partial charge in [-0.1, -0.05) is 48.5 Å². The van der Waals surface area contributed by atoms with Crippen LogP contribution in [0.2, 0.25) is 0 Å². The summed E-state index contributed by atoms with van der Waals surface area (Å²) >= 11 is 0. The molecule has 3 aromatic carbocycles. The highest BCUT2D eigenvalue weighted by Crippen LogP contribution is 2.29. The van der Waals surface area contributed by atoms with Crippen molar-refractivity contribution in [2.24, 2.45) is 5.73 Å². The molecule has 3 heteroatoms. The summed E-state index contributed by atoms with van der Waals surface area (Å²) in [5.74, 6) is 2.35. The minimum absolute atomic E-state index is 0.0744. The van der Waals surface area contributed by atoms with Crippen molar-refractivity contribution in [1.82, 2.24) is 0 Å². The van der Waals surface area contributed by atoms with Crippen LogP contribution in [0.4, 0.5) is 0 Å². The molecular formula is C21H21NO2. The van der Waals surface area contributed by atoms with Crippen LogP contribution >= 0.6 is 0 Å². The van der Waals surface area contributed by atoms with E-state index in [2.05, 4.69) is 0 Å². The second kappa shape index (κ2) is 7.66. The first-order valence-electron chi connectivity index (χ1n) is 8.01. The van der Waals surface area contributed by atoms with E-state index in [-0.39, 0.29) is 6.04 Å². The van der Waals surface area contributed by atoms with Crippen LogP contribution in [0.25, 0.3) is 0 Å². The van der Waals surface area contributed by atoms with Gasteiger partial charge in [-0.05, 0) is 42.8 Å². The molecule has 0 bridgehead atoms. The summed E-state index contributed by atoms with van der Waals surface area (Å²) in [6, 6.07) is 25.5. The lowest BCUT2D eigenvalue weighted by Gasteiger charge is -2.14. The van der Waals surface area contributed by atoms with E-state index in [4.69, 9.17) is 15.2 Å². The number of hydrogen-bond acceptors (Lipinski definition) is 3. The molecule has 3 aromatic rings. The van der Waals surface area contributed by atoms with E-state index in [0.29, 0.717) is 6.61 Å². The molecule has 0 aliphatic heterocycles. The molecule has 3 rings (SSSR count). The van der Waals surface area contributed by atoms with Gasteiger partial charge in [0.15, 0.2) is 0 Å². The van der Waals surface area contributed by atoms with Crippen LogP contribution in [0, 0.1) is 0 Å². The van der Waals surface area contributed by atoms with E-state index in [1.807, 2.05) is 85.8 Å². The highest BCUT2D eigenvalue weighted by atomic mass is 16.5. The van der Waals surface area contributed by atoms with Crippen LogP contribution < -0.4 is 15.2 Å². The molecule has 3 nitrogen and oxygen atoms in total. The Balaban J connectivity index is 1.65. The molecule has 0 radical (unpaired) electrons. The predicted molar refractivity (Wildman–Crippen MR) is 96.3 cm³/mol. The maximum absolute atomic E-state index is 5.99. The highest BCUT2D eigenvalue weighted by molar-refractivity contribution is 5.40. The van der Waals surface area contributed by atoms with Crippen molar-refractivity contribution in [3.8, 4) is 17.2 Å². The van der Waals surface area contributed by atoms with E-state index >= 15 is 0 Å². The fraction of sp³-hybridized carbons (Fsp3) is 0.143. The summed E-state index contributed by atoms with van der Waals surface area (Å²) in [5.41, 5.74) is 8.12. The van der Waals surface area contributed by atoms with Crippen molar-refractivity contribution in [3.05, 3.63) is 90.0 Å². The lowest BCUT2D eigenvalue weighted by atomic mass is 10.1. The van der Waals surface area contributed by atoms with E-state index < -0.39 is 0 Å². The van der Waals surface area contributed by atoms with Gasteiger partial charge in [0.1, 0.15) is 23.9 Å². The molecule has 0 saturated heterocycles. The molecule has 0 unspecified atom stereocenters. The number of hydrogen-bond donors (Lipinski definition) is 1. The summed E-state index contributed by atoms with van der Waals surface area (Å²) in [6.45, 7) is 2.50. The Hall–Kier alpha value is -2.78. The standard InChI is InChI=1S/C21H21NO2/c1-16(22)20-9-5-6-10-21(20)24-19-13-11-18(12-14-19)23-15-17-7-3-2-4-8-17/h2-14,16H,15,22H2,1H3/t16-/m0/s1. The highest BCUT2D eigenvalue weighted by Gasteiger charge is 2.08. The lowest BCUT2D eigenvalue weighted by Crippen LogP contribution is -2.06. The summed E-state index contributed by atoms with van der Waals surface area (Å²) in [5, 5.41) is 0. The third-order valence-corrected chi connectivity index (χ3v) is 3.71. The van der Waals surface area contributed by atoms with Crippen molar-refractivity contribution >= 4 is 0 Å². The third-order valence-electron chi connectivity index (χ3n) is 3.71. The molecule has 2 N–H and O–H groups in total. The SMILES string of the molecule is C[C@H](N)c1ccccc1Oc1ccc(OCc2ccccc2)cc1. The van der Waals surface area contributed by atoms with Crippen LogP contribution in [0.15, 0.2) is 78.9 Å². The van der Waals surface area contributed by atoms with Crippen LogP contribution in [0.3, 0.4) is 0 Å². The van der Waals surface area contributed by atoms with Crippen LogP contribution in [0.1, 0.15) is 24.1 Å². The Morgan fingerprint density at radius 3 is 2.12 bits per heavy atom. The van der Waals surface area contributed by atoms with Gasteiger partial charge in [0.2, 0.25) is 0 Å². The molecule has 0 amide bonds. The van der Waals surface area contributed by atoms with Crippen molar-refractivity contribution in [2.45, 2.75) is 19.6 Å². The predicted octanol–water partition coefficient (Wildman–Crippen LogP) is 5.08.